The van der Waals surface area contributed by atoms with Gasteiger partial charge in [-0.05, 0) is 23.8 Å². The minimum absolute atomic E-state index is 0.137. The van der Waals surface area contributed by atoms with Gasteiger partial charge in [-0.1, -0.05) is 30.3 Å². The summed E-state index contributed by atoms with van der Waals surface area (Å²) < 4.78 is 1.39. The second-order valence-electron chi connectivity index (χ2n) is 6.31. The molecule has 0 aliphatic rings. The van der Waals surface area contributed by atoms with Crippen LogP contribution in [0.4, 0.5) is 0 Å². The number of aromatic amines is 2. The van der Waals surface area contributed by atoms with E-state index >= 15 is 0 Å². The number of nitrogens with zero attached hydrogens (tertiary/aromatic N) is 1. The van der Waals surface area contributed by atoms with Crippen LogP contribution in [0.1, 0.15) is 5.56 Å². The van der Waals surface area contributed by atoms with E-state index in [-0.39, 0.29) is 25.4 Å². The topological polar surface area (TPSA) is 99.8 Å². The summed E-state index contributed by atoms with van der Waals surface area (Å²) in [5.74, 6) is -0.137. The van der Waals surface area contributed by atoms with E-state index in [9.17, 15) is 14.4 Å². The van der Waals surface area contributed by atoms with Crippen LogP contribution in [-0.2, 0) is 17.8 Å². The van der Waals surface area contributed by atoms with Gasteiger partial charge in [-0.3, -0.25) is 14.4 Å². The fraction of sp³-hybridized carbons (Fsp3) is 0.150. The summed E-state index contributed by atoms with van der Waals surface area (Å²) in [5, 5.41) is 3.84. The van der Waals surface area contributed by atoms with Crippen LogP contribution in [0.2, 0.25) is 0 Å². The van der Waals surface area contributed by atoms with E-state index in [1.165, 1.54) is 4.57 Å². The number of nitrogens with one attached hydrogen (secondary N) is 3. The molecular weight excluding hydrogens is 344 g/mol. The van der Waals surface area contributed by atoms with Crippen molar-refractivity contribution in [1.29, 1.82) is 0 Å². The Morgan fingerprint density at radius 3 is 2.59 bits per heavy atom. The van der Waals surface area contributed by atoms with Gasteiger partial charge >= 0.3 is 11.1 Å². The van der Waals surface area contributed by atoms with Crippen LogP contribution in [0, 0.1) is 0 Å². The Morgan fingerprint density at radius 1 is 1.00 bits per heavy atom. The molecule has 4 aromatic rings. The Kier molecular flexibility index (Phi) is 4.33. The minimum atomic E-state index is -0.668. The molecule has 4 rings (SSSR count). The van der Waals surface area contributed by atoms with Crippen molar-refractivity contribution in [2.45, 2.75) is 13.0 Å². The first-order valence-electron chi connectivity index (χ1n) is 8.67. The predicted octanol–water partition coefficient (Wildman–Crippen LogP) is 1.53. The van der Waals surface area contributed by atoms with Crippen molar-refractivity contribution in [3.05, 3.63) is 81.0 Å². The summed E-state index contributed by atoms with van der Waals surface area (Å²) in [4.78, 5) is 42.0. The summed E-state index contributed by atoms with van der Waals surface area (Å²) in [5.41, 5.74) is 1.84. The number of aromatic nitrogens is 3. The zero-order valence-corrected chi connectivity index (χ0v) is 14.5. The van der Waals surface area contributed by atoms with Crippen LogP contribution >= 0.6 is 0 Å². The lowest BCUT2D eigenvalue weighted by Crippen LogP contribution is -2.39. The molecule has 1 amide bonds. The van der Waals surface area contributed by atoms with Crippen LogP contribution in [0.5, 0.6) is 0 Å². The molecule has 27 heavy (non-hydrogen) atoms. The molecule has 0 aliphatic carbocycles. The van der Waals surface area contributed by atoms with E-state index in [2.05, 4.69) is 15.3 Å². The lowest BCUT2D eigenvalue weighted by molar-refractivity contribution is -0.120. The van der Waals surface area contributed by atoms with E-state index in [0.717, 1.165) is 16.5 Å². The quantitative estimate of drug-likeness (QED) is 0.470. The van der Waals surface area contributed by atoms with Gasteiger partial charge in [-0.15, -0.1) is 0 Å². The molecule has 0 saturated heterocycles. The van der Waals surface area contributed by atoms with E-state index in [4.69, 9.17) is 0 Å². The number of hydrogen-bond acceptors (Lipinski definition) is 3. The molecule has 0 spiro atoms. The van der Waals surface area contributed by atoms with Gasteiger partial charge in [0.2, 0.25) is 5.91 Å². The van der Waals surface area contributed by atoms with E-state index in [1.807, 2.05) is 30.5 Å². The fourth-order valence-corrected chi connectivity index (χ4v) is 3.26. The van der Waals surface area contributed by atoms with Crippen molar-refractivity contribution in [1.82, 2.24) is 19.9 Å². The Bertz CT molecular complexity index is 1250. The number of fused-ring (bicyclic) bond motifs is 2. The highest BCUT2D eigenvalue weighted by Crippen LogP contribution is 2.17. The second-order valence-corrected chi connectivity index (χ2v) is 6.31. The number of rotatable bonds is 5. The third kappa shape index (κ3) is 3.27. The van der Waals surface area contributed by atoms with Gasteiger partial charge in [0, 0.05) is 30.2 Å². The minimum Gasteiger partial charge on any atom is -0.361 e. The average Bonchev–Trinajstić information content (AvgIpc) is 3.08. The number of carbonyl (C=O) groups is 1. The normalized spacial score (nSPS) is 11.1. The number of para-hydroxylation sites is 3. The standard InChI is InChI=1S/C20H18N4O3/c25-18(11-13-12-22-15-6-2-1-5-14(13)15)21-9-10-24-17-8-4-3-7-16(17)23-19(26)20(24)27/h1-8,12,22H,9-11H2,(H,21,25)(H,23,26). The van der Waals surface area contributed by atoms with Gasteiger partial charge in [0.15, 0.2) is 0 Å². The van der Waals surface area contributed by atoms with Crippen molar-refractivity contribution >= 4 is 27.8 Å². The summed E-state index contributed by atoms with van der Waals surface area (Å²) in [6.07, 6.45) is 2.08. The highest BCUT2D eigenvalue weighted by Gasteiger charge is 2.10. The van der Waals surface area contributed by atoms with Crippen molar-refractivity contribution < 1.29 is 4.79 Å². The molecule has 0 bridgehead atoms. The maximum Gasteiger partial charge on any atom is 0.316 e. The zero-order valence-electron chi connectivity index (χ0n) is 14.5. The first kappa shape index (κ1) is 16.8. The average molecular weight is 362 g/mol. The predicted molar refractivity (Wildman–Crippen MR) is 104 cm³/mol. The van der Waals surface area contributed by atoms with E-state index in [1.54, 1.807) is 24.3 Å². The first-order valence-corrected chi connectivity index (χ1v) is 8.67. The van der Waals surface area contributed by atoms with Crippen LogP contribution in [0.15, 0.2) is 64.3 Å². The Labute approximate surface area is 153 Å². The lowest BCUT2D eigenvalue weighted by Gasteiger charge is -2.10. The summed E-state index contributed by atoms with van der Waals surface area (Å²) >= 11 is 0. The van der Waals surface area contributed by atoms with Crippen LogP contribution in [0.25, 0.3) is 21.9 Å². The van der Waals surface area contributed by atoms with Gasteiger partial charge in [0.1, 0.15) is 0 Å². The van der Waals surface area contributed by atoms with Gasteiger partial charge in [0.25, 0.3) is 0 Å². The molecule has 0 fully saturated rings. The van der Waals surface area contributed by atoms with Gasteiger partial charge in [0.05, 0.1) is 17.5 Å². The Balaban J connectivity index is 1.46. The molecule has 0 aliphatic heterocycles. The Hall–Kier alpha value is -3.61. The smallest absolute Gasteiger partial charge is 0.316 e. The molecule has 0 saturated carbocycles. The van der Waals surface area contributed by atoms with E-state index in [0.29, 0.717) is 11.0 Å². The summed E-state index contributed by atoms with van der Waals surface area (Å²) in [7, 11) is 0. The zero-order chi connectivity index (χ0) is 18.8. The number of benzene rings is 2. The molecule has 0 atom stereocenters. The highest BCUT2D eigenvalue weighted by molar-refractivity contribution is 5.88. The number of H-pyrrole nitrogens is 2. The third-order valence-corrected chi connectivity index (χ3v) is 4.57. The number of carbonyl (C=O) groups excluding carboxylic acids is 1. The van der Waals surface area contributed by atoms with Crippen LogP contribution < -0.4 is 16.4 Å². The van der Waals surface area contributed by atoms with E-state index < -0.39 is 11.1 Å². The second kappa shape index (κ2) is 6.95. The van der Waals surface area contributed by atoms with Gasteiger partial charge < -0.3 is 19.9 Å². The van der Waals surface area contributed by atoms with Gasteiger partial charge in [-0.2, -0.15) is 0 Å². The molecule has 2 aromatic carbocycles. The molecule has 7 heteroatoms. The van der Waals surface area contributed by atoms with Crippen LogP contribution in [-0.4, -0.2) is 27.0 Å². The first-order chi connectivity index (χ1) is 13.1. The van der Waals surface area contributed by atoms with Crippen molar-refractivity contribution in [2.75, 3.05) is 6.54 Å². The number of amides is 1. The van der Waals surface area contributed by atoms with Crippen molar-refractivity contribution in [3.8, 4) is 0 Å². The molecule has 2 heterocycles. The number of hydrogen-bond donors (Lipinski definition) is 3. The third-order valence-electron chi connectivity index (χ3n) is 4.57. The molecular formula is C20H18N4O3. The maximum absolute atomic E-state index is 12.3. The molecule has 2 aromatic heterocycles. The lowest BCUT2D eigenvalue weighted by atomic mass is 10.1. The van der Waals surface area contributed by atoms with Crippen molar-refractivity contribution in [2.24, 2.45) is 0 Å². The highest BCUT2D eigenvalue weighted by atomic mass is 16.2. The molecule has 7 nitrogen and oxygen atoms in total. The maximum atomic E-state index is 12.3. The molecule has 0 radical (unpaired) electrons. The summed E-state index contributed by atoms with van der Waals surface area (Å²) in [6, 6.07) is 14.9. The monoisotopic (exact) mass is 362 g/mol. The molecule has 136 valence electrons. The molecule has 0 unspecified atom stereocenters. The van der Waals surface area contributed by atoms with Crippen LogP contribution in [0.3, 0.4) is 0 Å². The van der Waals surface area contributed by atoms with Crippen molar-refractivity contribution in [3.63, 3.8) is 0 Å². The fourth-order valence-electron chi connectivity index (χ4n) is 3.26. The van der Waals surface area contributed by atoms with Gasteiger partial charge in [-0.25, -0.2) is 0 Å². The largest absolute Gasteiger partial charge is 0.361 e. The molecule has 3 N–H and O–H groups in total. The summed E-state index contributed by atoms with van der Waals surface area (Å²) in [6.45, 7) is 0.484. The SMILES string of the molecule is O=C(Cc1c[nH]c2ccccc12)NCCn1c(=O)c(=O)[nH]c2ccccc21. The Morgan fingerprint density at radius 2 is 1.74 bits per heavy atom.